The molecule has 0 aromatic carbocycles. The Labute approximate surface area is 138 Å². The van der Waals surface area contributed by atoms with Crippen LogP contribution in [-0.4, -0.2) is 46.9 Å². The predicted molar refractivity (Wildman–Crippen MR) is 86.4 cm³/mol. The molecule has 22 heavy (non-hydrogen) atoms. The Balaban J connectivity index is 1.61. The van der Waals surface area contributed by atoms with E-state index >= 15 is 0 Å². The van der Waals surface area contributed by atoms with Crippen molar-refractivity contribution in [2.75, 3.05) is 26.2 Å². The highest BCUT2D eigenvalue weighted by molar-refractivity contribution is 9.10. The summed E-state index contributed by atoms with van der Waals surface area (Å²) >= 11 is 3.36. The van der Waals surface area contributed by atoms with Crippen LogP contribution in [0.25, 0.3) is 0 Å². The largest absolute Gasteiger partial charge is 0.468 e. The Morgan fingerprint density at radius 1 is 1.27 bits per heavy atom. The fourth-order valence-corrected chi connectivity index (χ4v) is 3.03. The summed E-state index contributed by atoms with van der Waals surface area (Å²) in [5.41, 5.74) is 0.633. The number of furan rings is 1. The number of pyridine rings is 1. The molecular weight excluding hydrogens is 346 g/mol. The summed E-state index contributed by atoms with van der Waals surface area (Å²) in [5, 5.41) is 0. The molecule has 3 rings (SSSR count). The van der Waals surface area contributed by atoms with E-state index in [1.54, 1.807) is 18.7 Å². The summed E-state index contributed by atoms with van der Waals surface area (Å²) < 4.78 is 6.22. The minimum atomic E-state index is 0.0497. The van der Waals surface area contributed by atoms with E-state index in [-0.39, 0.29) is 5.91 Å². The number of carbonyl (C=O) groups excluding carboxylic acids is 1. The maximum absolute atomic E-state index is 12.6. The molecule has 0 atom stereocenters. The first-order chi connectivity index (χ1) is 10.7. The van der Waals surface area contributed by atoms with Crippen molar-refractivity contribution < 1.29 is 9.21 Å². The summed E-state index contributed by atoms with van der Waals surface area (Å²) in [6, 6.07) is 5.71. The molecule has 2 aromatic rings. The van der Waals surface area contributed by atoms with Gasteiger partial charge in [0.05, 0.1) is 18.4 Å². The van der Waals surface area contributed by atoms with Crippen molar-refractivity contribution in [2.24, 2.45) is 0 Å². The van der Waals surface area contributed by atoms with Gasteiger partial charge in [-0.1, -0.05) is 0 Å². The number of aromatic nitrogens is 1. The molecule has 0 spiro atoms. The second kappa shape index (κ2) is 7.07. The van der Waals surface area contributed by atoms with Gasteiger partial charge in [-0.25, -0.2) is 0 Å². The molecule has 1 amide bonds. The molecule has 2 aromatic heterocycles. The monoisotopic (exact) mass is 363 g/mol. The first-order valence-corrected chi connectivity index (χ1v) is 8.16. The minimum Gasteiger partial charge on any atom is -0.468 e. The van der Waals surface area contributed by atoms with E-state index in [0.717, 1.165) is 49.4 Å². The molecule has 5 nitrogen and oxygen atoms in total. The smallest absolute Gasteiger partial charge is 0.255 e. The molecule has 0 N–H and O–H groups in total. The molecule has 6 heteroatoms. The van der Waals surface area contributed by atoms with E-state index < -0.39 is 0 Å². The zero-order chi connectivity index (χ0) is 15.4. The van der Waals surface area contributed by atoms with Crippen LogP contribution in [0.4, 0.5) is 0 Å². The zero-order valence-electron chi connectivity index (χ0n) is 12.2. The third kappa shape index (κ3) is 3.75. The van der Waals surface area contributed by atoms with Crippen LogP contribution >= 0.6 is 15.9 Å². The second-order valence-corrected chi connectivity index (χ2v) is 6.31. The van der Waals surface area contributed by atoms with Gasteiger partial charge in [0.25, 0.3) is 5.91 Å². The SMILES string of the molecule is O=C(c1cncc(Br)c1)N1CCCN(Cc2ccco2)CC1. The number of nitrogens with zero attached hydrogens (tertiary/aromatic N) is 3. The van der Waals surface area contributed by atoms with Crippen LogP contribution in [-0.2, 0) is 6.54 Å². The van der Waals surface area contributed by atoms with Gasteiger partial charge in [0.1, 0.15) is 5.76 Å². The molecule has 116 valence electrons. The number of hydrogen-bond acceptors (Lipinski definition) is 4. The molecule has 0 radical (unpaired) electrons. The normalized spacial score (nSPS) is 16.5. The van der Waals surface area contributed by atoms with Crippen LogP contribution < -0.4 is 0 Å². The molecule has 3 heterocycles. The van der Waals surface area contributed by atoms with Gasteiger partial charge in [-0.15, -0.1) is 0 Å². The Hall–Kier alpha value is -1.66. The zero-order valence-corrected chi connectivity index (χ0v) is 13.8. The lowest BCUT2D eigenvalue weighted by Gasteiger charge is -2.21. The lowest BCUT2D eigenvalue weighted by molar-refractivity contribution is 0.0760. The highest BCUT2D eigenvalue weighted by Gasteiger charge is 2.21. The Morgan fingerprint density at radius 2 is 2.18 bits per heavy atom. The Morgan fingerprint density at radius 3 is 2.95 bits per heavy atom. The fourth-order valence-electron chi connectivity index (χ4n) is 2.67. The van der Waals surface area contributed by atoms with Gasteiger partial charge >= 0.3 is 0 Å². The quantitative estimate of drug-likeness (QED) is 0.841. The van der Waals surface area contributed by atoms with Crippen LogP contribution in [0.15, 0.2) is 45.7 Å². The van der Waals surface area contributed by atoms with Crippen LogP contribution in [0.1, 0.15) is 22.5 Å². The molecular formula is C16H18BrN3O2. The Bertz CT molecular complexity index is 630. The molecule has 0 aliphatic carbocycles. The molecule has 0 bridgehead atoms. The van der Waals surface area contributed by atoms with Crippen molar-refractivity contribution in [3.63, 3.8) is 0 Å². The fraction of sp³-hybridized carbons (Fsp3) is 0.375. The van der Waals surface area contributed by atoms with Crippen LogP contribution in [0.5, 0.6) is 0 Å². The summed E-state index contributed by atoms with van der Waals surface area (Å²) in [6.45, 7) is 4.13. The van der Waals surface area contributed by atoms with Gasteiger partial charge in [0, 0.05) is 43.0 Å². The molecule has 1 saturated heterocycles. The number of rotatable bonds is 3. The van der Waals surface area contributed by atoms with Crippen molar-refractivity contribution in [1.82, 2.24) is 14.8 Å². The molecule has 1 aliphatic rings. The molecule has 1 fully saturated rings. The van der Waals surface area contributed by atoms with Gasteiger partial charge in [0.2, 0.25) is 0 Å². The summed E-state index contributed by atoms with van der Waals surface area (Å²) in [7, 11) is 0. The van der Waals surface area contributed by atoms with Gasteiger partial charge in [-0.2, -0.15) is 0 Å². The van der Waals surface area contributed by atoms with E-state index in [4.69, 9.17) is 4.42 Å². The standard InChI is InChI=1S/C16H18BrN3O2/c17-14-9-13(10-18-11-14)16(21)20-5-2-4-19(6-7-20)12-15-3-1-8-22-15/h1,3,8-11H,2,4-7,12H2. The maximum atomic E-state index is 12.6. The summed E-state index contributed by atoms with van der Waals surface area (Å²) in [6.07, 6.45) is 5.97. The van der Waals surface area contributed by atoms with Crippen molar-refractivity contribution in [3.8, 4) is 0 Å². The minimum absolute atomic E-state index is 0.0497. The van der Waals surface area contributed by atoms with E-state index in [1.807, 2.05) is 23.1 Å². The number of carbonyl (C=O) groups is 1. The van der Waals surface area contributed by atoms with Gasteiger partial charge < -0.3 is 9.32 Å². The first kappa shape index (κ1) is 15.2. The lowest BCUT2D eigenvalue weighted by atomic mass is 10.2. The number of hydrogen-bond donors (Lipinski definition) is 0. The van der Waals surface area contributed by atoms with Crippen LogP contribution in [0.2, 0.25) is 0 Å². The lowest BCUT2D eigenvalue weighted by Crippen LogP contribution is -2.35. The number of amides is 1. The van der Waals surface area contributed by atoms with E-state index in [1.165, 1.54) is 0 Å². The van der Waals surface area contributed by atoms with E-state index in [9.17, 15) is 4.79 Å². The summed E-state index contributed by atoms with van der Waals surface area (Å²) in [5.74, 6) is 1.02. The van der Waals surface area contributed by atoms with Crippen molar-refractivity contribution in [1.29, 1.82) is 0 Å². The third-order valence-corrected chi connectivity index (χ3v) is 4.22. The summed E-state index contributed by atoms with van der Waals surface area (Å²) in [4.78, 5) is 20.9. The maximum Gasteiger partial charge on any atom is 0.255 e. The number of halogens is 1. The molecule has 0 saturated carbocycles. The third-order valence-electron chi connectivity index (χ3n) is 3.79. The second-order valence-electron chi connectivity index (χ2n) is 5.39. The van der Waals surface area contributed by atoms with Gasteiger partial charge in [0.15, 0.2) is 0 Å². The topological polar surface area (TPSA) is 49.6 Å². The van der Waals surface area contributed by atoms with E-state index in [0.29, 0.717) is 5.56 Å². The highest BCUT2D eigenvalue weighted by atomic mass is 79.9. The van der Waals surface area contributed by atoms with Crippen LogP contribution in [0, 0.1) is 0 Å². The molecule has 0 unspecified atom stereocenters. The Kier molecular flexibility index (Phi) is 4.90. The average molecular weight is 364 g/mol. The first-order valence-electron chi connectivity index (χ1n) is 7.37. The molecule has 1 aliphatic heterocycles. The average Bonchev–Trinajstić information content (AvgIpc) is 2.91. The highest BCUT2D eigenvalue weighted by Crippen LogP contribution is 2.14. The van der Waals surface area contributed by atoms with Crippen molar-refractivity contribution in [2.45, 2.75) is 13.0 Å². The van der Waals surface area contributed by atoms with Crippen LogP contribution in [0.3, 0.4) is 0 Å². The van der Waals surface area contributed by atoms with Crippen molar-refractivity contribution >= 4 is 21.8 Å². The van der Waals surface area contributed by atoms with Gasteiger partial charge in [-0.3, -0.25) is 14.7 Å². The van der Waals surface area contributed by atoms with Gasteiger partial charge in [-0.05, 0) is 40.5 Å². The van der Waals surface area contributed by atoms with Crippen molar-refractivity contribution in [3.05, 3.63) is 52.7 Å². The predicted octanol–water partition coefficient (Wildman–Crippen LogP) is 2.79. The van der Waals surface area contributed by atoms with E-state index in [2.05, 4.69) is 25.8 Å².